The number of nitrogens with one attached hydrogen (secondary N) is 1. The molecule has 0 aliphatic heterocycles. The van der Waals surface area contributed by atoms with Crippen LogP contribution in [0, 0.1) is 0 Å². The van der Waals surface area contributed by atoms with Gasteiger partial charge in [-0.15, -0.1) is 0 Å². The van der Waals surface area contributed by atoms with Crippen LogP contribution in [0.1, 0.15) is 32.6 Å². The third-order valence-electron chi connectivity index (χ3n) is 3.03. The van der Waals surface area contributed by atoms with E-state index in [-0.39, 0.29) is 5.91 Å². The third-order valence-corrected chi connectivity index (χ3v) is 4.09. The van der Waals surface area contributed by atoms with E-state index in [9.17, 15) is 4.79 Å². The number of nitrogens with two attached hydrogens (primary N) is 1. The van der Waals surface area contributed by atoms with Gasteiger partial charge >= 0.3 is 0 Å². The molecule has 0 saturated heterocycles. The summed E-state index contributed by atoms with van der Waals surface area (Å²) in [5, 5.41) is 3.85. The maximum atomic E-state index is 11.5. The second-order valence-corrected chi connectivity index (χ2v) is 5.07. The molecule has 2 atom stereocenters. The highest BCUT2D eigenvalue weighted by molar-refractivity contribution is 7.99. The predicted octanol–water partition coefficient (Wildman–Crippen LogP) is 1.13. The van der Waals surface area contributed by atoms with E-state index in [1.54, 1.807) is 0 Å². The third kappa shape index (κ3) is 2.42. The number of rotatable bonds is 4. The number of thioether (sulfide) groups is 1. The Kier molecular flexibility index (Phi) is 4.26. The molecule has 1 saturated carbocycles. The minimum Gasteiger partial charge on any atom is -0.368 e. The molecule has 1 amide bonds. The molecule has 1 aliphatic carbocycles. The average molecular weight is 216 g/mol. The van der Waals surface area contributed by atoms with Crippen LogP contribution in [0.15, 0.2) is 0 Å². The summed E-state index contributed by atoms with van der Waals surface area (Å²) in [5.74, 6) is -0.182. The number of carbonyl (C=O) groups is 1. The van der Waals surface area contributed by atoms with E-state index in [0.717, 1.165) is 25.8 Å². The number of amides is 1. The Labute approximate surface area is 90.2 Å². The molecule has 0 aromatic rings. The Morgan fingerprint density at radius 3 is 2.93 bits per heavy atom. The monoisotopic (exact) mass is 216 g/mol. The maximum Gasteiger partial charge on any atom is 0.237 e. The van der Waals surface area contributed by atoms with Gasteiger partial charge in [0, 0.05) is 5.25 Å². The van der Waals surface area contributed by atoms with Crippen LogP contribution in [0.4, 0.5) is 0 Å². The highest BCUT2D eigenvalue weighted by Crippen LogP contribution is 2.33. The van der Waals surface area contributed by atoms with Gasteiger partial charge in [-0.1, -0.05) is 6.92 Å². The summed E-state index contributed by atoms with van der Waals surface area (Å²) in [6.07, 6.45) is 6.20. The second kappa shape index (κ2) is 5.03. The van der Waals surface area contributed by atoms with Crippen LogP contribution in [0.3, 0.4) is 0 Å². The highest BCUT2D eigenvalue weighted by atomic mass is 32.2. The van der Waals surface area contributed by atoms with Crippen LogP contribution in [-0.4, -0.2) is 29.5 Å². The fourth-order valence-electron chi connectivity index (χ4n) is 2.24. The normalized spacial score (nSPS) is 32.9. The van der Waals surface area contributed by atoms with E-state index in [1.165, 1.54) is 6.42 Å². The first kappa shape index (κ1) is 11.9. The number of primary amides is 1. The van der Waals surface area contributed by atoms with Crippen molar-refractivity contribution in [3.05, 3.63) is 0 Å². The van der Waals surface area contributed by atoms with Gasteiger partial charge < -0.3 is 11.1 Å². The second-order valence-electron chi connectivity index (χ2n) is 3.93. The largest absolute Gasteiger partial charge is 0.368 e. The molecule has 3 N–H and O–H groups in total. The Morgan fingerprint density at radius 2 is 2.43 bits per heavy atom. The fraction of sp³-hybridized carbons (Fsp3) is 0.900. The van der Waals surface area contributed by atoms with Crippen molar-refractivity contribution in [3.8, 4) is 0 Å². The first-order valence-corrected chi connectivity index (χ1v) is 6.51. The summed E-state index contributed by atoms with van der Waals surface area (Å²) in [6.45, 7) is 2.83. The molecule has 1 rings (SSSR count). The molecule has 0 heterocycles. The Hall–Kier alpha value is -0.220. The lowest BCUT2D eigenvalue weighted by molar-refractivity contribution is -0.125. The lowest BCUT2D eigenvalue weighted by Crippen LogP contribution is -2.58. The van der Waals surface area contributed by atoms with E-state index in [4.69, 9.17) is 5.73 Å². The quantitative estimate of drug-likeness (QED) is 0.740. The van der Waals surface area contributed by atoms with Crippen LogP contribution in [0.25, 0.3) is 0 Å². The summed E-state index contributed by atoms with van der Waals surface area (Å²) >= 11 is 1.84. The first-order valence-electron chi connectivity index (χ1n) is 5.22. The van der Waals surface area contributed by atoms with Crippen molar-refractivity contribution in [2.24, 2.45) is 5.73 Å². The first-order chi connectivity index (χ1) is 6.64. The van der Waals surface area contributed by atoms with Crippen LogP contribution in [-0.2, 0) is 4.79 Å². The number of hydrogen-bond acceptors (Lipinski definition) is 3. The molecule has 3 nitrogen and oxygen atoms in total. The molecule has 0 spiro atoms. The van der Waals surface area contributed by atoms with Gasteiger partial charge in [-0.3, -0.25) is 4.79 Å². The van der Waals surface area contributed by atoms with Gasteiger partial charge in [0.15, 0.2) is 0 Å². The van der Waals surface area contributed by atoms with Crippen molar-refractivity contribution in [2.45, 2.75) is 43.4 Å². The van der Waals surface area contributed by atoms with Crippen LogP contribution in [0.5, 0.6) is 0 Å². The highest BCUT2D eigenvalue weighted by Gasteiger charge is 2.40. The zero-order valence-electron chi connectivity index (χ0n) is 9.01. The van der Waals surface area contributed by atoms with Gasteiger partial charge in [0.1, 0.15) is 0 Å². The van der Waals surface area contributed by atoms with Gasteiger partial charge in [0.25, 0.3) is 0 Å². The molecular formula is C10H20N2OS. The Bertz CT molecular complexity index is 206. The molecular weight excluding hydrogens is 196 g/mol. The van der Waals surface area contributed by atoms with Gasteiger partial charge in [0.2, 0.25) is 5.91 Å². The van der Waals surface area contributed by atoms with Crippen molar-refractivity contribution >= 4 is 17.7 Å². The van der Waals surface area contributed by atoms with Crippen molar-refractivity contribution in [1.29, 1.82) is 0 Å². The zero-order valence-corrected chi connectivity index (χ0v) is 9.82. The van der Waals surface area contributed by atoms with Crippen LogP contribution < -0.4 is 11.1 Å². The molecule has 0 bridgehead atoms. The molecule has 0 aromatic carbocycles. The molecule has 4 heteroatoms. The molecule has 0 radical (unpaired) electrons. The summed E-state index contributed by atoms with van der Waals surface area (Å²) in [6, 6.07) is 0. The van der Waals surface area contributed by atoms with Crippen molar-refractivity contribution in [1.82, 2.24) is 5.32 Å². The van der Waals surface area contributed by atoms with Crippen molar-refractivity contribution in [3.63, 3.8) is 0 Å². The average Bonchev–Trinajstić information content (AvgIpc) is 2.18. The molecule has 82 valence electrons. The van der Waals surface area contributed by atoms with E-state index in [0.29, 0.717) is 5.25 Å². The Morgan fingerprint density at radius 1 is 1.71 bits per heavy atom. The molecule has 14 heavy (non-hydrogen) atoms. The maximum absolute atomic E-state index is 11.5. The van der Waals surface area contributed by atoms with Crippen LogP contribution >= 0.6 is 11.8 Å². The summed E-state index contributed by atoms with van der Waals surface area (Å²) in [4.78, 5) is 11.5. The molecule has 1 fully saturated rings. The van der Waals surface area contributed by atoms with Gasteiger partial charge in [0.05, 0.1) is 5.54 Å². The predicted molar refractivity (Wildman–Crippen MR) is 61.4 cm³/mol. The summed E-state index contributed by atoms with van der Waals surface area (Å²) in [7, 11) is 0. The van der Waals surface area contributed by atoms with Crippen molar-refractivity contribution < 1.29 is 4.79 Å². The van der Waals surface area contributed by atoms with Gasteiger partial charge in [-0.2, -0.15) is 11.8 Å². The molecule has 2 unspecified atom stereocenters. The van der Waals surface area contributed by atoms with Crippen molar-refractivity contribution in [2.75, 3.05) is 12.8 Å². The number of carbonyl (C=O) groups excluding carboxylic acids is 1. The smallest absolute Gasteiger partial charge is 0.237 e. The Balaban J connectivity index is 2.70. The van der Waals surface area contributed by atoms with E-state index < -0.39 is 5.54 Å². The van der Waals surface area contributed by atoms with Gasteiger partial charge in [-0.05, 0) is 38.5 Å². The zero-order chi connectivity index (χ0) is 10.6. The number of hydrogen-bond donors (Lipinski definition) is 2. The standard InChI is InChI=1S/C10H20N2OS/c1-3-12-10(9(11)13)6-4-5-8(7-10)14-2/h8,12H,3-7H2,1-2H3,(H2,11,13). The lowest BCUT2D eigenvalue weighted by atomic mass is 9.80. The molecule has 0 aromatic heterocycles. The summed E-state index contributed by atoms with van der Waals surface area (Å²) in [5.41, 5.74) is 5.06. The lowest BCUT2D eigenvalue weighted by Gasteiger charge is -2.38. The van der Waals surface area contributed by atoms with E-state index in [1.807, 2.05) is 18.7 Å². The van der Waals surface area contributed by atoms with E-state index in [2.05, 4.69) is 11.6 Å². The van der Waals surface area contributed by atoms with E-state index >= 15 is 0 Å². The number of likely N-dealkylation sites (N-methyl/N-ethyl adjacent to an activating group) is 1. The SMILES string of the molecule is CCNC1(C(N)=O)CCCC(SC)C1. The topological polar surface area (TPSA) is 55.1 Å². The fourth-order valence-corrected chi connectivity index (χ4v) is 3.09. The van der Waals surface area contributed by atoms with Gasteiger partial charge in [-0.25, -0.2) is 0 Å². The minimum absolute atomic E-state index is 0.182. The van der Waals surface area contributed by atoms with Crippen LogP contribution in [0.2, 0.25) is 0 Å². The summed E-state index contributed by atoms with van der Waals surface area (Å²) < 4.78 is 0. The molecule has 1 aliphatic rings. The minimum atomic E-state index is -0.430.